The molecule has 11 rings (SSSR count). The van der Waals surface area contributed by atoms with Crippen LogP contribution in [0.25, 0.3) is 83.5 Å². The van der Waals surface area contributed by atoms with E-state index >= 15 is 0 Å². The first-order valence-corrected chi connectivity index (χ1v) is 20.4. The van der Waals surface area contributed by atoms with Gasteiger partial charge in [0.15, 0.2) is 11.0 Å². The van der Waals surface area contributed by atoms with E-state index in [9.17, 15) is 0 Å². The Morgan fingerprint density at radius 2 is 1.22 bits per heavy atom. The van der Waals surface area contributed by atoms with Crippen LogP contribution in [0.2, 0.25) is 0 Å². The second-order valence-electron chi connectivity index (χ2n) is 16.9. The van der Waals surface area contributed by atoms with Crippen LogP contribution in [0.3, 0.4) is 0 Å². The van der Waals surface area contributed by atoms with Crippen LogP contribution in [0.5, 0.6) is 11.5 Å². The molecule has 5 heteroatoms. The van der Waals surface area contributed by atoms with Gasteiger partial charge in [0.25, 0.3) is 6.33 Å². The Morgan fingerprint density at radius 1 is 0.542 bits per heavy atom. The molecule has 0 saturated carbocycles. The highest BCUT2D eigenvalue weighted by atomic mass is 16.5. The molecule has 0 fully saturated rings. The summed E-state index contributed by atoms with van der Waals surface area (Å²) in [5.74, 6) is 2.39. The second kappa shape index (κ2) is 13.2. The number of hydrogen-bond acceptors (Lipinski definition) is 2. The Kier molecular flexibility index (Phi) is 7.79. The molecule has 284 valence electrons. The predicted octanol–water partition coefficient (Wildman–Crippen LogP) is 13.4. The van der Waals surface area contributed by atoms with Crippen LogP contribution in [0, 0.1) is 13.8 Å². The number of fused-ring (bicyclic) bond motifs is 20. The van der Waals surface area contributed by atoms with E-state index in [2.05, 4.69) is 212 Å². The lowest BCUT2D eigenvalue weighted by Gasteiger charge is -2.22. The van der Waals surface area contributed by atoms with Crippen molar-refractivity contribution in [3.05, 3.63) is 187 Å². The average molecular weight is 764 g/mol. The number of aryl methyl sites for hydroxylation is 2. The van der Waals surface area contributed by atoms with Crippen molar-refractivity contribution < 1.29 is 9.30 Å². The lowest BCUT2D eigenvalue weighted by molar-refractivity contribution is -0.566. The molecule has 7 aromatic carbocycles. The quantitative estimate of drug-likeness (QED) is 0.156. The van der Waals surface area contributed by atoms with E-state index in [1.165, 1.54) is 27.6 Å². The van der Waals surface area contributed by atoms with Crippen LogP contribution in [-0.2, 0) is 5.41 Å². The van der Waals surface area contributed by atoms with Gasteiger partial charge in [-0.2, -0.15) is 9.13 Å². The highest BCUT2D eigenvalue weighted by molar-refractivity contribution is 6.09. The number of para-hydroxylation sites is 4. The molecule has 0 amide bonds. The smallest absolute Gasteiger partial charge is 0.255 e. The fourth-order valence-electron chi connectivity index (χ4n) is 9.12. The van der Waals surface area contributed by atoms with Gasteiger partial charge in [0.05, 0.1) is 16.7 Å². The molecule has 0 N–H and O–H groups in total. The molecule has 0 unspecified atom stereocenters. The minimum Gasteiger partial charge on any atom is -0.457 e. The molecule has 8 bridgehead atoms. The summed E-state index contributed by atoms with van der Waals surface area (Å²) in [5.41, 5.74) is 16.5. The third-order valence-corrected chi connectivity index (χ3v) is 11.8. The molecule has 0 spiro atoms. The van der Waals surface area contributed by atoms with Crippen molar-refractivity contribution >= 4 is 32.8 Å². The third kappa shape index (κ3) is 5.76. The van der Waals surface area contributed by atoms with Crippen molar-refractivity contribution in [3.8, 4) is 62.2 Å². The summed E-state index contributed by atoms with van der Waals surface area (Å²) in [5, 5.41) is 2.32. The van der Waals surface area contributed by atoms with Gasteiger partial charge in [-0.15, -0.1) is 0 Å². The molecule has 0 saturated heterocycles. The Bertz CT molecular complexity index is 3300. The summed E-state index contributed by atoms with van der Waals surface area (Å²) >= 11 is 0. The summed E-state index contributed by atoms with van der Waals surface area (Å²) in [7, 11) is 0. The number of imidazole rings is 1. The Hall–Kier alpha value is -7.24. The first-order chi connectivity index (χ1) is 28.7. The SMILES string of the molecule is Cc1cc(C)cc(-c2cccc3c2-[n+]2cn(c4ccccc42)-c2cccc(c2)Oc2ccc4c5ccccc5n(c4c2)-c2cc(C(C)(C)C)cc(n2)-c2ccccc2-3)c1. The summed E-state index contributed by atoms with van der Waals surface area (Å²) < 4.78 is 13.7. The normalized spacial score (nSPS) is 12.3. The molecule has 5 nitrogen and oxygen atoms in total. The van der Waals surface area contributed by atoms with Crippen molar-refractivity contribution in [1.29, 1.82) is 0 Å². The summed E-state index contributed by atoms with van der Waals surface area (Å²) in [6.45, 7) is 11.2. The molecule has 1 aliphatic heterocycles. The fraction of sp³-hybridized carbons (Fsp3) is 0.111. The number of rotatable bonds is 1. The lowest BCUT2D eigenvalue weighted by Crippen LogP contribution is -2.31. The van der Waals surface area contributed by atoms with Crippen molar-refractivity contribution in [2.75, 3.05) is 0 Å². The van der Waals surface area contributed by atoms with E-state index in [0.717, 1.165) is 84.1 Å². The second-order valence-corrected chi connectivity index (χ2v) is 16.9. The first kappa shape index (κ1) is 35.0. The molecule has 0 atom stereocenters. The van der Waals surface area contributed by atoms with Crippen LogP contribution in [0.1, 0.15) is 37.5 Å². The van der Waals surface area contributed by atoms with Gasteiger partial charge in [-0.05, 0) is 90.6 Å². The van der Waals surface area contributed by atoms with Crippen LogP contribution in [0.15, 0.2) is 170 Å². The number of benzene rings is 7. The largest absolute Gasteiger partial charge is 0.457 e. The van der Waals surface area contributed by atoms with Gasteiger partial charge in [-0.25, -0.2) is 4.98 Å². The number of pyridine rings is 1. The zero-order valence-electron chi connectivity index (χ0n) is 33.9. The van der Waals surface area contributed by atoms with Crippen LogP contribution >= 0.6 is 0 Å². The zero-order chi connectivity index (χ0) is 40.0. The minimum atomic E-state index is -0.151. The van der Waals surface area contributed by atoms with E-state index in [-0.39, 0.29) is 5.41 Å². The van der Waals surface area contributed by atoms with E-state index in [1.54, 1.807) is 0 Å². The van der Waals surface area contributed by atoms with Gasteiger partial charge in [0.1, 0.15) is 28.7 Å². The maximum Gasteiger partial charge on any atom is 0.255 e. The Labute approximate surface area is 344 Å². The van der Waals surface area contributed by atoms with Crippen LogP contribution in [-0.4, -0.2) is 14.1 Å². The van der Waals surface area contributed by atoms with Crippen molar-refractivity contribution in [2.24, 2.45) is 0 Å². The molecular formula is C54H43N4O+. The Balaban J connectivity index is 1.31. The lowest BCUT2D eigenvalue weighted by atomic mass is 9.85. The fourth-order valence-corrected chi connectivity index (χ4v) is 9.12. The topological polar surface area (TPSA) is 35.9 Å². The van der Waals surface area contributed by atoms with Crippen molar-refractivity contribution in [3.63, 3.8) is 0 Å². The standard InChI is InChI=1S/C54H43N4O/c1-34-26-35(2)28-36(27-34)41-19-13-20-46-42-16-6-7-17-43(42)47-29-37(54(3,4)5)30-52(55-47)58-48-21-9-8-18-44(48)45-25-24-40(32-51(45)58)59-39-15-12-14-38(31-39)56-33-57(53(41)46)50-23-11-10-22-49(50)56/h6-33H,1-5H3/q+1. The third-order valence-electron chi connectivity index (χ3n) is 11.8. The molecule has 1 aliphatic rings. The van der Waals surface area contributed by atoms with E-state index < -0.39 is 0 Å². The van der Waals surface area contributed by atoms with Crippen LogP contribution in [0.4, 0.5) is 0 Å². The summed E-state index contributed by atoms with van der Waals surface area (Å²) in [6, 6.07) is 59.0. The molecule has 4 heterocycles. The van der Waals surface area contributed by atoms with Gasteiger partial charge in [-0.1, -0.05) is 129 Å². The molecular weight excluding hydrogens is 721 g/mol. The van der Waals surface area contributed by atoms with Gasteiger partial charge in [0, 0.05) is 39.6 Å². The predicted molar refractivity (Wildman–Crippen MR) is 241 cm³/mol. The first-order valence-electron chi connectivity index (χ1n) is 20.4. The molecule has 0 radical (unpaired) electrons. The van der Waals surface area contributed by atoms with Crippen molar-refractivity contribution in [2.45, 2.75) is 40.0 Å². The highest BCUT2D eigenvalue weighted by Crippen LogP contribution is 2.42. The van der Waals surface area contributed by atoms with Gasteiger partial charge in [0.2, 0.25) is 0 Å². The van der Waals surface area contributed by atoms with Gasteiger partial charge in [-0.3, -0.25) is 4.57 Å². The van der Waals surface area contributed by atoms with E-state index in [4.69, 9.17) is 9.72 Å². The summed E-state index contributed by atoms with van der Waals surface area (Å²) in [6.07, 6.45) is 2.24. The number of hydrogen-bond donors (Lipinski definition) is 0. The number of nitrogens with zero attached hydrogens (tertiary/aromatic N) is 4. The van der Waals surface area contributed by atoms with Gasteiger partial charge >= 0.3 is 0 Å². The maximum atomic E-state index is 6.76. The Morgan fingerprint density at radius 3 is 2.05 bits per heavy atom. The monoisotopic (exact) mass is 763 g/mol. The molecule has 59 heavy (non-hydrogen) atoms. The van der Waals surface area contributed by atoms with Crippen LogP contribution < -0.4 is 9.30 Å². The zero-order valence-corrected chi connectivity index (χ0v) is 33.9. The minimum absolute atomic E-state index is 0.151. The maximum absolute atomic E-state index is 6.76. The van der Waals surface area contributed by atoms with Gasteiger partial charge < -0.3 is 4.74 Å². The number of ether oxygens (including phenoxy) is 1. The van der Waals surface area contributed by atoms with E-state index in [0.29, 0.717) is 0 Å². The summed E-state index contributed by atoms with van der Waals surface area (Å²) in [4.78, 5) is 5.62. The number of aromatic nitrogens is 4. The highest BCUT2D eigenvalue weighted by Gasteiger charge is 2.28. The molecule has 10 aromatic rings. The molecule has 0 aliphatic carbocycles. The van der Waals surface area contributed by atoms with Crippen molar-refractivity contribution in [1.82, 2.24) is 14.1 Å². The van der Waals surface area contributed by atoms with E-state index in [1.807, 2.05) is 6.07 Å². The average Bonchev–Trinajstić information content (AvgIpc) is 3.78. The molecule has 3 aromatic heterocycles.